The second-order valence-electron chi connectivity index (χ2n) is 12.5. The highest BCUT2D eigenvalue weighted by atomic mass is 127. The number of fused-ring (bicyclic) bond motifs is 5. The Kier molecular flexibility index (Phi) is 13.4. The molecule has 4 aliphatic rings. The average Bonchev–Trinajstić information content (AvgIpc) is 3.15. The quantitative estimate of drug-likeness (QED) is 0.124. The van der Waals surface area contributed by atoms with E-state index in [2.05, 4.69) is 68.8 Å². The zero-order valence-electron chi connectivity index (χ0n) is 23.9. The number of hydrogen-bond acceptors (Lipinski definition) is 2. The lowest BCUT2D eigenvalue weighted by molar-refractivity contribution is -0.0483. The van der Waals surface area contributed by atoms with Crippen LogP contribution in [0.4, 0.5) is 0 Å². The summed E-state index contributed by atoms with van der Waals surface area (Å²) in [6.07, 6.45) is 21.4. The van der Waals surface area contributed by atoms with Crippen LogP contribution in [0, 0.1) is 40.4 Å². The molecule has 0 aliphatic heterocycles. The molecule has 0 aromatic carbocycles. The third kappa shape index (κ3) is 7.00. The third-order valence-corrected chi connectivity index (χ3v) is 11.0. The van der Waals surface area contributed by atoms with Gasteiger partial charge in [0.05, 0.1) is 15.3 Å². The van der Waals surface area contributed by atoms with Gasteiger partial charge in [-0.2, -0.15) is 0 Å². The molecule has 0 bridgehead atoms. The normalized spacial score (nSPS) is 38.4. The molecule has 3 heteroatoms. The Morgan fingerprint density at radius 2 is 1.74 bits per heavy atom. The maximum absolute atomic E-state index is 5.94. The lowest BCUT2D eigenvalue weighted by Gasteiger charge is -2.58. The van der Waals surface area contributed by atoms with Crippen LogP contribution in [0.2, 0.25) is 0 Å². The number of halogens is 1. The van der Waals surface area contributed by atoms with Crippen molar-refractivity contribution in [3.8, 4) is 0 Å². The molecular formula is C31H57IOS. The third-order valence-electron chi connectivity index (χ3n) is 10.0. The van der Waals surface area contributed by atoms with Crippen molar-refractivity contribution in [3.05, 3.63) is 11.6 Å². The second-order valence-corrected chi connectivity index (χ2v) is 13.9. The Bertz CT molecular complexity index is 619. The van der Waals surface area contributed by atoms with Crippen LogP contribution in [0.25, 0.3) is 0 Å². The highest BCUT2D eigenvalue weighted by Gasteiger charge is 2.58. The van der Waals surface area contributed by atoms with Gasteiger partial charge >= 0.3 is 0 Å². The van der Waals surface area contributed by atoms with Crippen molar-refractivity contribution in [1.82, 2.24) is 0 Å². The lowest BCUT2D eigenvalue weighted by Crippen LogP contribution is -2.50. The Balaban J connectivity index is 0.000000758. The van der Waals surface area contributed by atoms with Crippen LogP contribution in [0.3, 0.4) is 0 Å². The van der Waals surface area contributed by atoms with E-state index in [1.165, 1.54) is 92.7 Å². The van der Waals surface area contributed by atoms with Crippen molar-refractivity contribution in [3.63, 3.8) is 0 Å². The minimum atomic E-state index is 0.448. The molecule has 4 aliphatic carbocycles. The van der Waals surface area contributed by atoms with E-state index in [1.807, 2.05) is 13.8 Å². The molecular weight excluding hydrogens is 547 g/mol. The topological polar surface area (TPSA) is 9.23 Å². The van der Waals surface area contributed by atoms with Crippen LogP contribution in [-0.2, 0) is 4.18 Å². The van der Waals surface area contributed by atoms with E-state index in [9.17, 15) is 0 Å². The number of allylic oxidation sites excluding steroid dienone is 1. The molecule has 0 spiro atoms. The van der Waals surface area contributed by atoms with E-state index in [0.29, 0.717) is 16.9 Å². The summed E-state index contributed by atoms with van der Waals surface area (Å²) >= 11 is 2.28. The summed E-state index contributed by atoms with van der Waals surface area (Å²) in [6, 6.07) is 0. The monoisotopic (exact) mass is 604 g/mol. The van der Waals surface area contributed by atoms with Gasteiger partial charge in [0.25, 0.3) is 0 Å². The summed E-state index contributed by atoms with van der Waals surface area (Å²) in [5, 5.41) is 0. The van der Waals surface area contributed by atoms with Gasteiger partial charge in [0, 0.05) is 21.2 Å². The summed E-state index contributed by atoms with van der Waals surface area (Å²) in [6.45, 7) is 18.3. The van der Waals surface area contributed by atoms with Crippen molar-refractivity contribution >= 4 is 30.4 Å². The Morgan fingerprint density at radius 3 is 2.38 bits per heavy atom. The molecule has 200 valence electrons. The lowest BCUT2D eigenvalue weighted by atomic mass is 9.47. The molecule has 0 N–H and O–H groups in total. The van der Waals surface area contributed by atoms with E-state index in [4.69, 9.17) is 4.18 Å². The van der Waals surface area contributed by atoms with Gasteiger partial charge in [-0.25, -0.2) is 0 Å². The van der Waals surface area contributed by atoms with E-state index in [1.54, 1.807) is 5.57 Å². The van der Waals surface area contributed by atoms with E-state index in [-0.39, 0.29) is 0 Å². The number of rotatable bonds is 7. The fourth-order valence-corrected chi connectivity index (χ4v) is 9.44. The van der Waals surface area contributed by atoms with E-state index < -0.39 is 0 Å². The van der Waals surface area contributed by atoms with Gasteiger partial charge in [0.2, 0.25) is 0 Å². The minimum absolute atomic E-state index is 0.448. The first-order valence-corrected chi connectivity index (χ1v) is 18.2. The molecule has 4 rings (SSSR count). The van der Waals surface area contributed by atoms with Crippen LogP contribution >= 0.6 is 30.4 Å². The van der Waals surface area contributed by atoms with Crippen LogP contribution in [0.15, 0.2) is 11.6 Å². The molecule has 1 nitrogen and oxygen atoms in total. The molecule has 34 heavy (non-hydrogen) atoms. The summed E-state index contributed by atoms with van der Waals surface area (Å²) in [4.78, 5) is 0. The predicted octanol–water partition coefficient (Wildman–Crippen LogP) is 11.6. The van der Waals surface area contributed by atoms with Crippen molar-refractivity contribution < 1.29 is 4.18 Å². The average molecular weight is 605 g/mol. The Labute approximate surface area is 230 Å². The van der Waals surface area contributed by atoms with Crippen LogP contribution in [0.1, 0.15) is 139 Å². The fraction of sp³-hybridized carbons (Fsp3) is 0.935. The maximum atomic E-state index is 5.94. The summed E-state index contributed by atoms with van der Waals surface area (Å²) in [7, 11) is 1.53. The molecule has 0 heterocycles. The van der Waals surface area contributed by atoms with E-state index in [0.717, 1.165) is 29.6 Å². The van der Waals surface area contributed by atoms with Crippen molar-refractivity contribution in [2.45, 2.75) is 145 Å². The minimum Gasteiger partial charge on any atom is -0.302 e. The van der Waals surface area contributed by atoms with Gasteiger partial charge < -0.3 is 4.18 Å². The second kappa shape index (κ2) is 14.6. The van der Waals surface area contributed by atoms with E-state index >= 15 is 0 Å². The van der Waals surface area contributed by atoms with Gasteiger partial charge in [-0.05, 0) is 98.2 Å². The summed E-state index contributed by atoms with van der Waals surface area (Å²) in [5.74, 6) is 4.76. The van der Waals surface area contributed by atoms with Gasteiger partial charge in [-0.3, -0.25) is 0 Å². The predicted molar refractivity (Wildman–Crippen MR) is 162 cm³/mol. The van der Waals surface area contributed by atoms with Crippen molar-refractivity contribution in [2.24, 2.45) is 40.4 Å². The fourth-order valence-electron chi connectivity index (χ4n) is 8.29. The zero-order chi connectivity index (χ0) is 25.4. The molecule has 3 saturated carbocycles. The van der Waals surface area contributed by atoms with Gasteiger partial charge in [-0.1, -0.05) is 92.7 Å². The first kappa shape index (κ1) is 31.0. The van der Waals surface area contributed by atoms with Crippen LogP contribution in [0.5, 0.6) is 0 Å². The molecule has 0 saturated heterocycles. The highest BCUT2D eigenvalue weighted by molar-refractivity contribution is 14.2. The Morgan fingerprint density at radius 1 is 1.03 bits per heavy atom. The maximum Gasteiger partial charge on any atom is 0.0769 e. The first-order valence-electron chi connectivity index (χ1n) is 14.9. The molecule has 3 fully saturated rings. The molecule has 0 radical (unpaired) electrons. The zero-order valence-corrected chi connectivity index (χ0v) is 26.9. The van der Waals surface area contributed by atoms with Gasteiger partial charge in [0.15, 0.2) is 0 Å². The van der Waals surface area contributed by atoms with Crippen LogP contribution < -0.4 is 0 Å². The highest BCUT2D eigenvalue weighted by Crippen LogP contribution is 2.66. The van der Waals surface area contributed by atoms with Gasteiger partial charge in [-0.15, -0.1) is 0 Å². The number of hydrogen-bond donors (Lipinski definition) is 0. The standard InChI is InChI=1S/C26H43IOS.C3H8.C2H6/c1-18(2)7-5-6-8-19-10-12-23-22-11-9-20-17-21(28-29-27)13-15-26(20,4)24(22)14-16-25(19,23)3;1-3-2;1-2/h9,18-19,21-24H,5-8,10-17H2,1-4H3;3H2,1-2H3;1-2H3. The van der Waals surface area contributed by atoms with Crippen molar-refractivity contribution in [2.75, 3.05) is 0 Å². The first-order chi connectivity index (χ1) is 16.3. The molecule has 0 amide bonds. The van der Waals surface area contributed by atoms with Crippen LogP contribution in [-0.4, -0.2) is 6.10 Å². The number of unbranched alkanes of at least 4 members (excludes halogenated alkanes) is 1. The van der Waals surface area contributed by atoms with Crippen molar-refractivity contribution in [1.29, 1.82) is 0 Å². The summed E-state index contributed by atoms with van der Waals surface area (Å²) < 4.78 is 5.94. The largest absolute Gasteiger partial charge is 0.302 e. The SMILES string of the molecule is CC.CC(C)CCCCC1CCC2C3CC=C4CC(OSI)CCC4(C)C3CCC12C.CCC. The molecule has 7 unspecified atom stereocenters. The molecule has 0 aromatic rings. The van der Waals surface area contributed by atoms with Gasteiger partial charge in [0.1, 0.15) is 0 Å². The Hall–Kier alpha value is 0.780. The molecule has 0 aromatic heterocycles. The summed E-state index contributed by atoms with van der Waals surface area (Å²) in [5.41, 5.74) is 2.86. The molecule has 7 atom stereocenters. The smallest absolute Gasteiger partial charge is 0.0769 e.